The molecule has 0 bridgehead atoms. The van der Waals surface area contributed by atoms with Crippen LogP contribution in [0.15, 0.2) is 24.5 Å². The first kappa shape index (κ1) is 32.1. The minimum absolute atomic E-state index is 0.0707. The van der Waals surface area contributed by atoms with Gasteiger partial charge in [0, 0.05) is 52.6 Å². The van der Waals surface area contributed by atoms with E-state index in [1.165, 1.54) is 0 Å². The Morgan fingerprint density at radius 3 is 2.65 bits per heavy atom. The van der Waals surface area contributed by atoms with Gasteiger partial charge in [-0.25, -0.2) is 9.37 Å². The van der Waals surface area contributed by atoms with Crippen molar-refractivity contribution in [3.8, 4) is 29.0 Å². The molecule has 0 radical (unpaired) electrons. The summed E-state index contributed by atoms with van der Waals surface area (Å²) in [5.41, 5.74) is 2.93. The van der Waals surface area contributed by atoms with Crippen LogP contribution < -0.4 is 4.90 Å². The van der Waals surface area contributed by atoms with Crippen LogP contribution in [-0.2, 0) is 4.79 Å². The molecule has 2 saturated heterocycles. The van der Waals surface area contributed by atoms with Gasteiger partial charge in [0.25, 0.3) is 5.91 Å². The highest BCUT2D eigenvalue weighted by molar-refractivity contribution is 6.36. The number of nitrogens with zero attached hydrogens (tertiary/aromatic N) is 8. The predicted molar refractivity (Wildman–Crippen MR) is 187 cm³/mol. The van der Waals surface area contributed by atoms with Gasteiger partial charge in [-0.15, -0.1) is 0 Å². The maximum atomic E-state index is 17.2. The highest BCUT2D eigenvalue weighted by Gasteiger charge is 2.43. The second-order valence-corrected chi connectivity index (χ2v) is 14.0. The van der Waals surface area contributed by atoms with E-state index in [0.29, 0.717) is 76.2 Å². The Morgan fingerprint density at radius 1 is 1.17 bits per heavy atom. The van der Waals surface area contributed by atoms with Crippen LogP contribution in [0, 0.1) is 35.9 Å². The number of anilines is 1. The summed E-state index contributed by atoms with van der Waals surface area (Å²) < 4.78 is 19.1. The van der Waals surface area contributed by atoms with E-state index in [-0.39, 0.29) is 46.1 Å². The van der Waals surface area contributed by atoms with Crippen molar-refractivity contribution in [1.29, 1.82) is 5.26 Å². The van der Waals surface area contributed by atoms with Crippen LogP contribution in [-0.4, -0.2) is 86.0 Å². The van der Waals surface area contributed by atoms with Gasteiger partial charge in [-0.1, -0.05) is 29.1 Å². The number of H-pyrrole nitrogens is 1. The number of piperidine rings is 1. The van der Waals surface area contributed by atoms with E-state index in [1.54, 1.807) is 36.4 Å². The molecule has 2 aliphatic rings. The van der Waals surface area contributed by atoms with Gasteiger partial charge in [-0.05, 0) is 71.3 Å². The zero-order valence-electron chi connectivity index (χ0n) is 27.3. The van der Waals surface area contributed by atoms with E-state index >= 15 is 4.39 Å². The summed E-state index contributed by atoms with van der Waals surface area (Å²) in [6.07, 6.45) is 4.69. The number of nitrogens with one attached hydrogen (secondary N) is 1. The molecule has 246 valence electrons. The predicted octanol–water partition coefficient (Wildman–Crippen LogP) is 6.49. The molecule has 3 aromatic heterocycles. The third-order valence-electron chi connectivity index (χ3n) is 10.2. The molecule has 13 heteroatoms. The number of fused-ring (bicyclic) bond motifs is 4. The lowest BCUT2D eigenvalue weighted by molar-refractivity contribution is -0.129. The number of hydrogen-bond donors (Lipinski definition) is 1. The van der Waals surface area contributed by atoms with Crippen molar-refractivity contribution in [2.45, 2.75) is 57.7 Å². The molecule has 2 aliphatic heterocycles. The van der Waals surface area contributed by atoms with Crippen LogP contribution in [0.5, 0.6) is 0 Å². The van der Waals surface area contributed by atoms with Crippen LogP contribution in [0.3, 0.4) is 0 Å². The molecule has 0 aliphatic carbocycles. The zero-order chi connectivity index (χ0) is 34.1. The SMILES string of the molecule is CC#CC(=O)N1CC[C@H](n2ncc3c(N4CC(C)(N(C)C)C4)nc4c(F)c(-c5c(C)c(Cl)cc6[nH]ncc56)c(Cl)cc4c32)C[C@H]1CC#N. The quantitative estimate of drug-likeness (QED) is 0.211. The van der Waals surface area contributed by atoms with Crippen LogP contribution in [0.25, 0.3) is 43.8 Å². The number of carbonyl (C=O) groups is 1. The number of likely N-dealkylation sites (N-methyl/N-ethyl adjacent to an activating group) is 1. The number of nitriles is 1. The first-order valence-electron chi connectivity index (χ1n) is 15.8. The van der Waals surface area contributed by atoms with Gasteiger partial charge in [0.05, 0.1) is 57.9 Å². The molecule has 0 unspecified atom stereocenters. The number of benzene rings is 2. The maximum Gasteiger partial charge on any atom is 0.298 e. The molecule has 0 spiro atoms. The Morgan fingerprint density at radius 2 is 1.94 bits per heavy atom. The molecule has 48 heavy (non-hydrogen) atoms. The Hall–Kier alpha value is -4.42. The lowest BCUT2D eigenvalue weighted by Gasteiger charge is -2.52. The lowest BCUT2D eigenvalue weighted by atomic mass is 9.90. The maximum absolute atomic E-state index is 17.2. The van der Waals surface area contributed by atoms with Gasteiger partial charge in [0.1, 0.15) is 11.3 Å². The van der Waals surface area contributed by atoms with E-state index in [4.69, 9.17) is 33.3 Å². The summed E-state index contributed by atoms with van der Waals surface area (Å²) in [6.45, 7) is 7.47. The van der Waals surface area contributed by atoms with E-state index in [2.05, 4.69) is 58.9 Å². The third kappa shape index (κ3) is 4.95. The van der Waals surface area contributed by atoms with Crippen molar-refractivity contribution < 1.29 is 9.18 Å². The Kier molecular flexibility index (Phi) is 7.98. The molecule has 10 nitrogen and oxygen atoms in total. The van der Waals surface area contributed by atoms with Gasteiger partial charge in [-0.3, -0.25) is 14.6 Å². The average Bonchev–Trinajstić information content (AvgIpc) is 3.69. The topological polar surface area (TPSA) is 110 Å². The van der Waals surface area contributed by atoms with Gasteiger partial charge in [0.2, 0.25) is 0 Å². The Labute approximate surface area is 287 Å². The number of hydrogen-bond acceptors (Lipinski definition) is 7. The summed E-state index contributed by atoms with van der Waals surface area (Å²) in [5, 5.41) is 24.3. The second kappa shape index (κ2) is 11.9. The minimum Gasteiger partial charge on any atom is -0.352 e. The summed E-state index contributed by atoms with van der Waals surface area (Å²) in [5.74, 6) is 5.10. The number of aromatic nitrogens is 5. The summed E-state index contributed by atoms with van der Waals surface area (Å²) in [4.78, 5) is 23.8. The van der Waals surface area contributed by atoms with E-state index < -0.39 is 5.82 Å². The average molecular weight is 687 g/mol. The normalized spacial score (nSPS) is 19.1. The molecule has 7 rings (SSSR count). The summed E-state index contributed by atoms with van der Waals surface area (Å²) in [7, 11) is 4.11. The van der Waals surface area contributed by atoms with Crippen LogP contribution in [0.2, 0.25) is 10.0 Å². The fourth-order valence-corrected chi connectivity index (χ4v) is 7.79. The first-order valence-corrected chi connectivity index (χ1v) is 16.6. The molecule has 1 amide bonds. The van der Waals surface area contributed by atoms with Crippen molar-refractivity contribution in [3.05, 3.63) is 46.0 Å². The number of amides is 1. The zero-order valence-corrected chi connectivity index (χ0v) is 28.8. The van der Waals surface area contributed by atoms with Crippen molar-refractivity contribution in [1.82, 2.24) is 34.8 Å². The van der Waals surface area contributed by atoms with E-state index in [1.807, 2.05) is 11.6 Å². The third-order valence-corrected chi connectivity index (χ3v) is 10.9. The van der Waals surface area contributed by atoms with Gasteiger partial charge < -0.3 is 14.7 Å². The van der Waals surface area contributed by atoms with Crippen molar-refractivity contribution in [2.75, 3.05) is 38.6 Å². The molecular weight excluding hydrogens is 652 g/mol. The fourth-order valence-electron chi connectivity index (χ4n) is 7.30. The lowest BCUT2D eigenvalue weighted by Crippen LogP contribution is -2.67. The second-order valence-electron chi connectivity index (χ2n) is 13.2. The van der Waals surface area contributed by atoms with Crippen LogP contribution in [0.1, 0.15) is 44.7 Å². The molecule has 5 heterocycles. The van der Waals surface area contributed by atoms with E-state index in [9.17, 15) is 10.1 Å². The number of halogens is 3. The fraction of sp³-hybridized carbons (Fsp3) is 0.400. The molecule has 2 atom stereocenters. The monoisotopic (exact) mass is 685 g/mol. The van der Waals surface area contributed by atoms with Crippen molar-refractivity contribution >= 4 is 67.6 Å². The van der Waals surface area contributed by atoms with Crippen molar-refractivity contribution in [3.63, 3.8) is 0 Å². The highest BCUT2D eigenvalue weighted by Crippen LogP contribution is 2.46. The number of rotatable bonds is 5. The largest absolute Gasteiger partial charge is 0.352 e. The Bertz CT molecular complexity index is 2240. The highest BCUT2D eigenvalue weighted by atomic mass is 35.5. The number of likely N-dealkylation sites (tertiary alicyclic amines) is 1. The summed E-state index contributed by atoms with van der Waals surface area (Å²) >= 11 is 13.6. The van der Waals surface area contributed by atoms with Gasteiger partial charge >= 0.3 is 0 Å². The molecule has 5 aromatic rings. The smallest absolute Gasteiger partial charge is 0.298 e. The van der Waals surface area contributed by atoms with Crippen LogP contribution >= 0.6 is 23.2 Å². The first-order chi connectivity index (χ1) is 23.0. The van der Waals surface area contributed by atoms with Crippen LogP contribution in [0.4, 0.5) is 10.2 Å². The molecular formula is C35H34Cl2FN9O. The van der Waals surface area contributed by atoms with E-state index in [0.717, 1.165) is 5.39 Å². The molecule has 2 fully saturated rings. The molecule has 1 N–H and O–H groups in total. The Balaban J connectivity index is 1.44. The number of aromatic amines is 1. The summed E-state index contributed by atoms with van der Waals surface area (Å²) in [6, 6.07) is 5.27. The van der Waals surface area contributed by atoms with Gasteiger partial charge in [0.15, 0.2) is 5.82 Å². The molecule has 2 aromatic carbocycles. The number of carbonyl (C=O) groups excluding carboxylic acids is 1. The minimum atomic E-state index is -0.557. The van der Waals surface area contributed by atoms with Crippen molar-refractivity contribution in [2.24, 2.45) is 0 Å². The van der Waals surface area contributed by atoms with Gasteiger partial charge in [-0.2, -0.15) is 15.5 Å². The number of pyridine rings is 1. The molecule has 0 saturated carbocycles. The standard InChI is InChI=1S/C35H34Cl2FN9O/c1-6-7-28(48)46-11-9-21(12-20(46)8-10-39)47-33-22-13-26(37)30(29-19(2)25(36)14-27-23(29)15-40-43-27)31(38)32(22)42-34(24(33)16-41-47)45-17-35(3,18-45)44(4)5/h13-16,20-21H,8-9,11-12,17-18H2,1-5H3,(H,40,43)/t20-,21+/m1/s1.